The molecule has 1 heterocycles. The van der Waals surface area contributed by atoms with Crippen LogP contribution in [0.25, 0.3) is 0 Å². The van der Waals surface area contributed by atoms with Crippen LogP contribution in [0.2, 0.25) is 5.02 Å². The first-order valence-corrected chi connectivity index (χ1v) is 10.5. The van der Waals surface area contributed by atoms with Crippen molar-refractivity contribution in [3.63, 3.8) is 0 Å². The number of nitrogens with one attached hydrogen (secondary N) is 1. The first kappa shape index (κ1) is 21.2. The third-order valence-corrected chi connectivity index (χ3v) is 5.43. The van der Waals surface area contributed by atoms with Crippen molar-refractivity contribution >= 4 is 23.5 Å². The highest BCUT2D eigenvalue weighted by Gasteiger charge is 2.22. The van der Waals surface area contributed by atoms with Gasteiger partial charge < -0.3 is 15.1 Å². The molecule has 154 valence electrons. The summed E-state index contributed by atoms with van der Waals surface area (Å²) in [5, 5.41) is 4.07. The van der Waals surface area contributed by atoms with E-state index in [1.54, 1.807) is 0 Å². The van der Waals surface area contributed by atoms with E-state index < -0.39 is 0 Å². The van der Waals surface area contributed by atoms with Crippen LogP contribution in [0.3, 0.4) is 0 Å². The third-order valence-electron chi connectivity index (χ3n) is 5.07. The van der Waals surface area contributed by atoms with Gasteiger partial charge in [-0.1, -0.05) is 54.1 Å². The maximum atomic E-state index is 12.5. The van der Waals surface area contributed by atoms with Gasteiger partial charge in [0, 0.05) is 51.2 Å². The molecule has 0 saturated heterocycles. The lowest BCUT2D eigenvalue weighted by molar-refractivity contribution is -0.131. The molecule has 2 aromatic carbocycles. The normalized spacial score (nSPS) is 13.3. The van der Waals surface area contributed by atoms with Gasteiger partial charge in [-0.25, -0.2) is 0 Å². The molecule has 0 fully saturated rings. The van der Waals surface area contributed by atoms with Gasteiger partial charge in [0.25, 0.3) is 0 Å². The summed E-state index contributed by atoms with van der Waals surface area (Å²) < 4.78 is 0. The van der Waals surface area contributed by atoms with Crippen LogP contribution < -0.4 is 5.32 Å². The minimum atomic E-state index is 0.200. The first-order valence-electron chi connectivity index (χ1n) is 10.2. The summed E-state index contributed by atoms with van der Waals surface area (Å²) in [6.45, 7) is 5.57. The minimum Gasteiger partial charge on any atom is -0.357 e. The van der Waals surface area contributed by atoms with E-state index in [0.29, 0.717) is 19.5 Å². The summed E-state index contributed by atoms with van der Waals surface area (Å²) in [6.07, 6.45) is 1.26. The molecule has 5 nitrogen and oxygen atoms in total. The van der Waals surface area contributed by atoms with Crippen LogP contribution in [0, 0.1) is 0 Å². The van der Waals surface area contributed by atoms with Gasteiger partial charge in [-0.2, -0.15) is 0 Å². The Bertz CT molecular complexity index is 842. The van der Waals surface area contributed by atoms with E-state index in [1.807, 2.05) is 55.3 Å². The van der Waals surface area contributed by atoms with Gasteiger partial charge >= 0.3 is 0 Å². The van der Waals surface area contributed by atoms with E-state index >= 15 is 0 Å². The zero-order valence-corrected chi connectivity index (χ0v) is 18.0. The number of rotatable bonds is 7. The number of halogens is 1. The monoisotopic (exact) mass is 412 g/mol. The number of carbonyl (C=O) groups excluding carboxylic acids is 1. The molecule has 0 radical (unpaired) electrons. The maximum absolute atomic E-state index is 12.5. The topological polar surface area (TPSA) is 47.9 Å². The molecule has 0 aliphatic carbocycles. The van der Waals surface area contributed by atoms with Crippen molar-refractivity contribution in [3.8, 4) is 0 Å². The summed E-state index contributed by atoms with van der Waals surface area (Å²) >= 11 is 6.28. The number of hydrogen-bond acceptors (Lipinski definition) is 2. The number of aliphatic imine (C=N–C) groups is 1. The Kier molecular flexibility index (Phi) is 7.53. The van der Waals surface area contributed by atoms with Crippen molar-refractivity contribution in [2.75, 3.05) is 20.1 Å². The zero-order chi connectivity index (χ0) is 20.6. The molecule has 0 unspecified atom stereocenters. The van der Waals surface area contributed by atoms with Crippen molar-refractivity contribution in [2.24, 2.45) is 4.99 Å². The number of guanidine groups is 1. The van der Waals surface area contributed by atoms with Crippen molar-refractivity contribution in [2.45, 2.75) is 39.4 Å². The summed E-state index contributed by atoms with van der Waals surface area (Å²) in [6, 6.07) is 16.1. The second kappa shape index (κ2) is 10.3. The molecule has 2 aromatic rings. The predicted molar refractivity (Wildman–Crippen MR) is 119 cm³/mol. The molecule has 0 saturated carbocycles. The fourth-order valence-corrected chi connectivity index (χ4v) is 3.71. The van der Waals surface area contributed by atoms with Gasteiger partial charge in [0.05, 0.1) is 0 Å². The fraction of sp³-hybridized carbons (Fsp3) is 0.391. The lowest BCUT2D eigenvalue weighted by Gasteiger charge is -2.22. The van der Waals surface area contributed by atoms with E-state index in [0.717, 1.165) is 42.6 Å². The molecular formula is C23H29ClN4O. The lowest BCUT2D eigenvalue weighted by atomic mass is 10.1. The molecule has 3 rings (SSSR count). The largest absolute Gasteiger partial charge is 0.357 e. The second-order valence-electron chi connectivity index (χ2n) is 7.31. The van der Waals surface area contributed by atoms with Gasteiger partial charge in [0.15, 0.2) is 5.96 Å². The van der Waals surface area contributed by atoms with E-state index in [-0.39, 0.29) is 5.91 Å². The molecule has 1 amide bonds. The fourth-order valence-electron chi connectivity index (χ4n) is 3.51. The van der Waals surface area contributed by atoms with Crippen LogP contribution in [0.1, 0.15) is 36.5 Å². The van der Waals surface area contributed by atoms with Crippen LogP contribution in [0.5, 0.6) is 0 Å². The van der Waals surface area contributed by atoms with Crippen molar-refractivity contribution < 1.29 is 4.79 Å². The van der Waals surface area contributed by atoms with Crippen molar-refractivity contribution in [1.82, 2.24) is 15.1 Å². The van der Waals surface area contributed by atoms with Crippen LogP contribution in [-0.2, 0) is 24.4 Å². The maximum Gasteiger partial charge on any atom is 0.223 e. The minimum absolute atomic E-state index is 0.200. The Morgan fingerprint density at radius 2 is 1.79 bits per heavy atom. The summed E-state index contributed by atoms with van der Waals surface area (Å²) in [7, 11) is 2.00. The van der Waals surface area contributed by atoms with Gasteiger partial charge in [-0.15, -0.1) is 0 Å². The van der Waals surface area contributed by atoms with E-state index in [2.05, 4.69) is 22.3 Å². The van der Waals surface area contributed by atoms with Crippen LogP contribution >= 0.6 is 11.6 Å². The summed E-state index contributed by atoms with van der Waals surface area (Å²) in [5.41, 5.74) is 3.58. The Morgan fingerprint density at radius 1 is 1.14 bits per heavy atom. The Morgan fingerprint density at radius 3 is 2.45 bits per heavy atom. The van der Waals surface area contributed by atoms with Crippen LogP contribution in [-0.4, -0.2) is 41.8 Å². The van der Waals surface area contributed by atoms with Crippen molar-refractivity contribution in [3.05, 3.63) is 70.2 Å². The van der Waals surface area contributed by atoms with E-state index in [9.17, 15) is 4.79 Å². The van der Waals surface area contributed by atoms with Gasteiger partial charge in [0.2, 0.25) is 5.91 Å². The Balaban J connectivity index is 1.49. The standard InChI is InChI=1S/C23H29ClN4O/c1-3-25-23(27(2)15-20-11-6-7-12-21(20)24)26-14-8-13-22(29)28-16-18-9-4-5-10-19(18)17-28/h4-7,9-12H,3,8,13-17H2,1-2H3,(H,25,26). The predicted octanol–water partition coefficient (Wildman–Crippen LogP) is 4.06. The highest BCUT2D eigenvalue weighted by Crippen LogP contribution is 2.23. The van der Waals surface area contributed by atoms with Crippen LogP contribution in [0.15, 0.2) is 53.5 Å². The lowest BCUT2D eigenvalue weighted by Crippen LogP contribution is -2.38. The number of benzene rings is 2. The van der Waals surface area contributed by atoms with Gasteiger partial charge in [0.1, 0.15) is 0 Å². The quantitative estimate of drug-likeness (QED) is 0.424. The van der Waals surface area contributed by atoms with Gasteiger partial charge in [-0.05, 0) is 36.1 Å². The third kappa shape index (κ3) is 5.73. The Labute approximate surface area is 178 Å². The molecule has 6 heteroatoms. The van der Waals surface area contributed by atoms with E-state index in [4.69, 9.17) is 16.6 Å². The molecule has 1 N–H and O–H groups in total. The number of amides is 1. The molecular weight excluding hydrogens is 384 g/mol. The first-order chi connectivity index (χ1) is 14.1. The van der Waals surface area contributed by atoms with Crippen LogP contribution in [0.4, 0.5) is 0 Å². The Hall–Kier alpha value is -2.53. The van der Waals surface area contributed by atoms with Crippen molar-refractivity contribution in [1.29, 1.82) is 0 Å². The zero-order valence-electron chi connectivity index (χ0n) is 17.2. The highest BCUT2D eigenvalue weighted by atomic mass is 35.5. The molecule has 1 aliphatic heterocycles. The average Bonchev–Trinajstić information content (AvgIpc) is 3.16. The number of hydrogen-bond donors (Lipinski definition) is 1. The highest BCUT2D eigenvalue weighted by molar-refractivity contribution is 6.31. The number of nitrogens with zero attached hydrogens (tertiary/aromatic N) is 3. The number of carbonyl (C=O) groups is 1. The second-order valence-corrected chi connectivity index (χ2v) is 7.71. The SMILES string of the molecule is CCNC(=NCCCC(=O)N1Cc2ccccc2C1)N(C)Cc1ccccc1Cl. The van der Waals surface area contributed by atoms with Gasteiger partial charge in [-0.3, -0.25) is 9.79 Å². The smallest absolute Gasteiger partial charge is 0.223 e. The molecule has 0 bridgehead atoms. The average molecular weight is 413 g/mol. The molecule has 1 aliphatic rings. The number of fused-ring (bicyclic) bond motifs is 1. The molecule has 0 spiro atoms. The molecule has 29 heavy (non-hydrogen) atoms. The molecule has 0 atom stereocenters. The summed E-state index contributed by atoms with van der Waals surface area (Å²) in [4.78, 5) is 21.2. The molecule has 0 aromatic heterocycles. The van der Waals surface area contributed by atoms with E-state index in [1.165, 1.54) is 11.1 Å². The summed E-state index contributed by atoms with van der Waals surface area (Å²) in [5.74, 6) is 1.03.